The number of carbonyl (C=O) groups excluding carboxylic acids is 1. The highest BCUT2D eigenvalue weighted by atomic mass is 16.5. The highest BCUT2D eigenvalue weighted by Crippen LogP contribution is 2.22. The maximum atomic E-state index is 12.1. The van der Waals surface area contributed by atoms with Crippen LogP contribution in [0.25, 0.3) is 5.57 Å². The zero-order valence-corrected chi connectivity index (χ0v) is 12.7. The van der Waals surface area contributed by atoms with Gasteiger partial charge in [-0.1, -0.05) is 25.3 Å². The third kappa shape index (κ3) is 4.10. The number of ether oxygens (including phenoxy) is 1. The first-order chi connectivity index (χ1) is 11.2. The smallest absolute Gasteiger partial charge is 0.275 e. The SMILES string of the molecule is C=C/C=C(\C(=C)OC)c1cc(NC(=O)c2ccccn2)ncn1. The largest absolute Gasteiger partial charge is 0.497 e. The second-order valence-electron chi connectivity index (χ2n) is 4.40. The Morgan fingerprint density at radius 2 is 2.09 bits per heavy atom. The minimum absolute atomic E-state index is 0.302. The molecule has 2 rings (SSSR count). The molecule has 0 aliphatic heterocycles. The molecule has 6 nitrogen and oxygen atoms in total. The Hall–Kier alpha value is -3.28. The first-order valence-electron chi connectivity index (χ1n) is 6.76. The molecule has 116 valence electrons. The van der Waals surface area contributed by atoms with E-state index in [-0.39, 0.29) is 5.91 Å². The summed E-state index contributed by atoms with van der Waals surface area (Å²) in [5.74, 6) is 0.435. The van der Waals surface area contributed by atoms with Gasteiger partial charge < -0.3 is 10.1 Å². The summed E-state index contributed by atoms with van der Waals surface area (Å²) in [6.07, 6.45) is 6.23. The maximum absolute atomic E-state index is 12.1. The molecule has 0 aromatic carbocycles. The Kier molecular flexibility index (Phi) is 5.35. The van der Waals surface area contributed by atoms with Gasteiger partial charge in [0.2, 0.25) is 0 Å². The van der Waals surface area contributed by atoms with Crippen LogP contribution in [-0.4, -0.2) is 28.0 Å². The maximum Gasteiger partial charge on any atom is 0.275 e. The fourth-order valence-electron chi connectivity index (χ4n) is 1.80. The van der Waals surface area contributed by atoms with Gasteiger partial charge in [-0.25, -0.2) is 9.97 Å². The Labute approximate surface area is 134 Å². The van der Waals surface area contributed by atoms with E-state index < -0.39 is 0 Å². The summed E-state index contributed by atoms with van der Waals surface area (Å²) in [5, 5.41) is 2.68. The molecular weight excluding hydrogens is 292 g/mol. The van der Waals surface area contributed by atoms with Gasteiger partial charge in [-0.3, -0.25) is 9.78 Å². The molecule has 6 heteroatoms. The van der Waals surface area contributed by atoms with E-state index in [9.17, 15) is 4.79 Å². The Morgan fingerprint density at radius 3 is 2.74 bits per heavy atom. The van der Waals surface area contributed by atoms with E-state index in [1.807, 2.05) is 0 Å². The molecule has 1 N–H and O–H groups in total. The van der Waals surface area contributed by atoms with Gasteiger partial charge in [0.25, 0.3) is 5.91 Å². The summed E-state index contributed by atoms with van der Waals surface area (Å²) in [6, 6.07) is 6.72. The molecule has 0 aliphatic rings. The molecule has 0 bridgehead atoms. The number of carbonyl (C=O) groups is 1. The fraction of sp³-hybridized carbons (Fsp3) is 0.0588. The summed E-state index contributed by atoms with van der Waals surface area (Å²) in [6.45, 7) is 7.47. The highest BCUT2D eigenvalue weighted by molar-refractivity contribution is 6.02. The van der Waals surface area contributed by atoms with Crippen molar-refractivity contribution in [2.24, 2.45) is 0 Å². The van der Waals surface area contributed by atoms with E-state index in [0.29, 0.717) is 28.5 Å². The van der Waals surface area contributed by atoms with Crippen molar-refractivity contribution in [3.05, 3.63) is 79.2 Å². The van der Waals surface area contributed by atoms with Crippen molar-refractivity contribution in [2.45, 2.75) is 0 Å². The third-order valence-electron chi connectivity index (χ3n) is 2.91. The molecule has 0 radical (unpaired) electrons. The number of pyridine rings is 1. The van der Waals surface area contributed by atoms with Gasteiger partial charge in [0.15, 0.2) is 0 Å². The third-order valence-corrected chi connectivity index (χ3v) is 2.91. The average molecular weight is 308 g/mol. The highest BCUT2D eigenvalue weighted by Gasteiger charge is 2.11. The predicted octanol–water partition coefficient (Wildman–Crippen LogP) is 2.85. The summed E-state index contributed by atoms with van der Waals surface area (Å²) in [7, 11) is 1.52. The van der Waals surface area contributed by atoms with Crippen LogP contribution >= 0.6 is 0 Å². The van der Waals surface area contributed by atoms with Crippen LogP contribution in [0.4, 0.5) is 5.82 Å². The number of hydrogen-bond acceptors (Lipinski definition) is 5. The summed E-state index contributed by atoms with van der Waals surface area (Å²) < 4.78 is 5.14. The van der Waals surface area contributed by atoms with Crippen LogP contribution in [0.3, 0.4) is 0 Å². The van der Waals surface area contributed by atoms with E-state index in [1.54, 1.807) is 42.6 Å². The van der Waals surface area contributed by atoms with Gasteiger partial charge in [-0.05, 0) is 18.2 Å². The minimum atomic E-state index is -0.352. The average Bonchev–Trinajstić information content (AvgIpc) is 2.60. The molecule has 0 fully saturated rings. The van der Waals surface area contributed by atoms with Crippen LogP contribution in [0, 0.1) is 0 Å². The summed E-state index contributed by atoms with van der Waals surface area (Å²) >= 11 is 0. The molecule has 2 aromatic heterocycles. The van der Waals surface area contributed by atoms with Gasteiger partial charge in [-0.2, -0.15) is 0 Å². The minimum Gasteiger partial charge on any atom is -0.497 e. The van der Waals surface area contributed by atoms with Crippen molar-refractivity contribution in [1.82, 2.24) is 15.0 Å². The number of aromatic nitrogens is 3. The molecule has 0 aliphatic carbocycles. The monoisotopic (exact) mass is 308 g/mol. The lowest BCUT2D eigenvalue weighted by Crippen LogP contribution is -2.14. The quantitative estimate of drug-likeness (QED) is 0.656. The second kappa shape index (κ2) is 7.65. The lowest BCUT2D eigenvalue weighted by molar-refractivity contribution is 0.102. The van der Waals surface area contributed by atoms with E-state index in [0.717, 1.165) is 0 Å². The molecule has 2 heterocycles. The predicted molar refractivity (Wildman–Crippen MR) is 88.5 cm³/mol. The molecule has 0 atom stereocenters. The summed E-state index contributed by atoms with van der Waals surface area (Å²) in [4.78, 5) is 24.3. The van der Waals surface area contributed by atoms with Gasteiger partial charge >= 0.3 is 0 Å². The van der Waals surface area contributed by atoms with Crippen LogP contribution in [0.1, 0.15) is 16.2 Å². The fourth-order valence-corrected chi connectivity index (χ4v) is 1.80. The lowest BCUT2D eigenvalue weighted by atomic mass is 10.1. The van der Waals surface area contributed by atoms with Crippen LogP contribution in [0.15, 0.2) is 67.9 Å². The van der Waals surface area contributed by atoms with Gasteiger partial charge in [0.05, 0.1) is 12.8 Å². The number of anilines is 1. The van der Waals surface area contributed by atoms with E-state index in [4.69, 9.17) is 4.74 Å². The van der Waals surface area contributed by atoms with Crippen molar-refractivity contribution >= 4 is 17.3 Å². The van der Waals surface area contributed by atoms with Crippen LogP contribution < -0.4 is 5.32 Å². The topological polar surface area (TPSA) is 77.0 Å². The van der Waals surface area contributed by atoms with Crippen molar-refractivity contribution in [3.8, 4) is 0 Å². The first kappa shape index (κ1) is 16.1. The van der Waals surface area contributed by atoms with Gasteiger partial charge in [-0.15, -0.1) is 0 Å². The number of amides is 1. The van der Waals surface area contributed by atoms with Gasteiger partial charge in [0.1, 0.15) is 23.6 Å². The molecule has 0 unspecified atom stereocenters. The molecule has 23 heavy (non-hydrogen) atoms. The Balaban J connectivity index is 2.26. The van der Waals surface area contributed by atoms with Crippen molar-refractivity contribution < 1.29 is 9.53 Å². The van der Waals surface area contributed by atoms with E-state index >= 15 is 0 Å². The zero-order valence-electron chi connectivity index (χ0n) is 12.7. The van der Waals surface area contributed by atoms with E-state index in [2.05, 4.69) is 33.4 Å². The number of hydrogen-bond donors (Lipinski definition) is 1. The molecule has 2 aromatic rings. The zero-order chi connectivity index (χ0) is 16.7. The van der Waals surface area contributed by atoms with Crippen LogP contribution in [0.2, 0.25) is 0 Å². The van der Waals surface area contributed by atoms with Crippen molar-refractivity contribution in [2.75, 3.05) is 12.4 Å². The number of methoxy groups -OCH3 is 1. The van der Waals surface area contributed by atoms with Gasteiger partial charge in [0, 0.05) is 17.8 Å². The second-order valence-corrected chi connectivity index (χ2v) is 4.40. The summed E-state index contributed by atoms with van der Waals surface area (Å²) in [5.41, 5.74) is 1.51. The molecule has 0 spiro atoms. The van der Waals surface area contributed by atoms with Crippen molar-refractivity contribution in [1.29, 1.82) is 0 Å². The number of rotatable bonds is 6. The molecule has 1 amide bonds. The Morgan fingerprint density at radius 1 is 1.26 bits per heavy atom. The standard InChI is InChI=1S/C17H16N4O2/c1-4-7-13(12(2)23-3)15-10-16(20-11-19-15)21-17(22)14-8-5-6-9-18-14/h4-11H,1-2H2,3H3,(H,19,20,21,22)/b13-7+. The first-order valence-corrected chi connectivity index (χ1v) is 6.76. The number of nitrogens with one attached hydrogen (secondary N) is 1. The Bertz CT molecular complexity index is 754. The van der Waals surface area contributed by atoms with Crippen LogP contribution in [0.5, 0.6) is 0 Å². The molecule has 0 saturated carbocycles. The molecule has 0 saturated heterocycles. The van der Waals surface area contributed by atoms with Crippen LogP contribution in [-0.2, 0) is 4.74 Å². The lowest BCUT2D eigenvalue weighted by Gasteiger charge is -2.10. The normalized spacial score (nSPS) is 10.7. The molecular formula is C17H16N4O2. The number of allylic oxidation sites excluding steroid dienone is 3. The number of nitrogens with zero attached hydrogens (tertiary/aromatic N) is 3. The van der Waals surface area contributed by atoms with Crippen molar-refractivity contribution in [3.63, 3.8) is 0 Å². The van der Waals surface area contributed by atoms with E-state index in [1.165, 1.54) is 13.4 Å².